The van der Waals surface area contributed by atoms with Gasteiger partial charge in [-0.15, -0.1) is 0 Å². The number of nitrogens with zero attached hydrogens (tertiary/aromatic N) is 1. The number of aromatic amines is 1. The van der Waals surface area contributed by atoms with Gasteiger partial charge in [0.25, 0.3) is 5.91 Å². The fourth-order valence-electron chi connectivity index (χ4n) is 2.31. The van der Waals surface area contributed by atoms with Crippen LogP contribution in [0.2, 0.25) is 5.02 Å². The van der Waals surface area contributed by atoms with Gasteiger partial charge in [-0.2, -0.15) is 5.10 Å². The highest BCUT2D eigenvalue weighted by Crippen LogP contribution is 2.24. The molecule has 0 saturated heterocycles. The first-order chi connectivity index (χ1) is 11.5. The van der Waals surface area contributed by atoms with E-state index in [9.17, 15) is 13.6 Å². The predicted octanol–water partition coefficient (Wildman–Crippen LogP) is 3.94. The maximum absolute atomic E-state index is 13.2. The van der Waals surface area contributed by atoms with Crippen LogP contribution in [0.1, 0.15) is 15.9 Å². The van der Waals surface area contributed by atoms with Crippen LogP contribution < -0.4 is 5.32 Å². The van der Waals surface area contributed by atoms with Crippen LogP contribution in [0.3, 0.4) is 0 Å². The molecule has 0 aliphatic rings. The van der Waals surface area contributed by atoms with Crippen LogP contribution >= 0.6 is 11.6 Å². The van der Waals surface area contributed by atoms with Crippen molar-refractivity contribution in [2.24, 2.45) is 0 Å². The van der Waals surface area contributed by atoms with E-state index in [0.717, 1.165) is 18.2 Å². The summed E-state index contributed by atoms with van der Waals surface area (Å²) in [5, 5.41) is 9.79. The number of carbonyl (C=O) groups is 1. The van der Waals surface area contributed by atoms with Gasteiger partial charge in [0, 0.05) is 23.2 Å². The lowest BCUT2D eigenvalue weighted by Crippen LogP contribution is -2.23. The first-order valence-electron chi connectivity index (χ1n) is 7.05. The van der Waals surface area contributed by atoms with Crippen LogP contribution in [-0.4, -0.2) is 16.1 Å². The van der Waals surface area contributed by atoms with Crippen molar-refractivity contribution in [3.63, 3.8) is 0 Å². The molecular weight excluding hydrogens is 336 g/mol. The molecule has 4 nitrogen and oxygen atoms in total. The van der Waals surface area contributed by atoms with E-state index < -0.39 is 17.5 Å². The molecule has 2 aromatic carbocycles. The molecule has 1 heterocycles. The molecule has 1 aromatic heterocycles. The molecule has 1 amide bonds. The van der Waals surface area contributed by atoms with E-state index >= 15 is 0 Å². The summed E-state index contributed by atoms with van der Waals surface area (Å²) in [4.78, 5) is 12.3. The Balaban J connectivity index is 1.78. The summed E-state index contributed by atoms with van der Waals surface area (Å²) in [6.45, 7) is -0.00627. The normalized spacial score (nSPS) is 10.6. The van der Waals surface area contributed by atoms with E-state index in [4.69, 9.17) is 11.6 Å². The van der Waals surface area contributed by atoms with Crippen LogP contribution in [-0.2, 0) is 6.54 Å². The van der Waals surface area contributed by atoms with Gasteiger partial charge >= 0.3 is 0 Å². The van der Waals surface area contributed by atoms with Crippen molar-refractivity contribution in [2.45, 2.75) is 6.54 Å². The Kier molecular flexibility index (Phi) is 4.57. The Labute approximate surface area is 141 Å². The molecule has 0 aliphatic carbocycles. The third-order valence-corrected chi connectivity index (χ3v) is 3.61. The molecule has 3 aromatic rings. The minimum atomic E-state index is -0.692. The van der Waals surface area contributed by atoms with Gasteiger partial charge in [-0.1, -0.05) is 23.7 Å². The molecular formula is C17H12ClF2N3O. The van der Waals surface area contributed by atoms with E-state index in [2.05, 4.69) is 15.5 Å². The number of carbonyl (C=O) groups excluding carboxylic acids is 1. The second-order valence-corrected chi connectivity index (χ2v) is 5.57. The number of halogens is 3. The lowest BCUT2D eigenvalue weighted by atomic mass is 10.1. The average molecular weight is 348 g/mol. The van der Waals surface area contributed by atoms with Gasteiger partial charge in [-0.25, -0.2) is 8.78 Å². The number of H-pyrrole nitrogens is 1. The van der Waals surface area contributed by atoms with Crippen LogP contribution in [0.25, 0.3) is 11.3 Å². The van der Waals surface area contributed by atoms with E-state index in [-0.39, 0.29) is 6.54 Å². The fraction of sp³-hybridized carbons (Fsp3) is 0.0588. The Morgan fingerprint density at radius 2 is 1.92 bits per heavy atom. The van der Waals surface area contributed by atoms with E-state index in [0.29, 0.717) is 27.4 Å². The zero-order chi connectivity index (χ0) is 17.1. The van der Waals surface area contributed by atoms with E-state index in [1.54, 1.807) is 24.3 Å². The highest BCUT2D eigenvalue weighted by molar-refractivity contribution is 6.30. The van der Waals surface area contributed by atoms with Crippen molar-refractivity contribution in [3.8, 4) is 11.3 Å². The van der Waals surface area contributed by atoms with Crippen molar-refractivity contribution >= 4 is 17.5 Å². The number of hydrogen-bond donors (Lipinski definition) is 2. The maximum Gasteiger partial charge on any atom is 0.255 e. The van der Waals surface area contributed by atoms with Crippen molar-refractivity contribution in [1.82, 2.24) is 15.5 Å². The van der Waals surface area contributed by atoms with Gasteiger partial charge in [-0.05, 0) is 29.8 Å². The third kappa shape index (κ3) is 3.60. The molecule has 3 rings (SSSR count). The Morgan fingerprint density at radius 3 is 2.62 bits per heavy atom. The van der Waals surface area contributed by atoms with Gasteiger partial charge in [0.15, 0.2) is 0 Å². The number of hydrogen-bond acceptors (Lipinski definition) is 2. The zero-order valence-electron chi connectivity index (χ0n) is 12.3. The standard InChI is InChI=1S/C17H12ClF2N3O/c18-12-3-1-2-11(6-12)16-15(9-22-23-16)17(24)21-8-10-4-13(19)7-14(20)5-10/h1-7,9H,8H2,(H,21,24)(H,22,23). The fourth-order valence-corrected chi connectivity index (χ4v) is 2.50. The minimum absolute atomic E-state index is 0.00627. The molecule has 0 fully saturated rings. The third-order valence-electron chi connectivity index (χ3n) is 3.37. The van der Waals surface area contributed by atoms with E-state index in [1.165, 1.54) is 6.20 Å². The van der Waals surface area contributed by atoms with Crippen LogP contribution in [0.4, 0.5) is 8.78 Å². The van der Waals surface area contributed by atoms with Gasteiger partial charge in [-0.3, -0.25) is 9.89 Å². The molecule has 0 aliphatic heterocycles. The van der Waals surface area contributed by atoms with Gasteiger partial charge in [0.05, 0.1) is 17.5 Å². The lowest BCUT2D eigenvalue weighted by molar-refractivity contribution is 0.0951. The van der Waals surface area contributed by atoms with Crippen molar-refractivity contribution in [2.75, 3.05) is 0 Å². The first-order valence-corrected chi connectivity index (χ1v) is 7.43. The molecule has 0 atom stereocenters. The number of aromatic nitrogens is 2. The lowest BCUT2D eigenvalue weighted by Gasteiger charge is -2.07. The van der Waals surface area contributed by atoms with Crippen LogP contribution in [0.5, 0.6) is 0 Å². The second kappa shape index (κ2) is 6.80. The number of amides is 1. The number of nitrogens with one attached hydrogen (secondary N) is 2. The summed E-state index contributed by atoms with van der Waals surface area (Å²) < 4.78 is 26.3. The second-order valence-electron chi connectivity index (χ2n) is 5.13. The van der Waals surface area contributed by atoms with Crippen molar-refractivity contribution < 1.29 is 13.6 Å². The maximum atomic E-state index is 13.2. The smallest absolute Gasteiger partial charge is 0.255 e. The highest BCUT2D eigenvalue weighted by Gasteiger charge is 2.15. The van der Waals surface area contributed by atoms with Crippen molar-refractivity contribution in [3.05, 3.63) is 76.4 Å². The van der Waals surface area contributed by atoms with Gasteiger partial charge in [0.1, 0.15) is 11.6 Å². The summed E-state index contributed by atoms with van der Waals surface area (Å²) >= 11 is 5.96. The van der Waals surface area contributed by atoms with E-state index in [1.807, 2.05) is 0 Å². The monoisotopic (exact) mass is 347 g/mol. The predicted molar refractivity (Wildman–Crippen MR) is 86.6 cm³/mol. The summed E-state index contributed by atoms with van der Waals surface area (Å²) in [7, 11) is 0. The van der Waals surface area contributed by atoms with Gasteiger partial charge < -0.3 is 5.32 Å². The molecule has 0 radical (unpaired) electrons. The first kappa shape index (κ1) is 16.1. The largest absolute Gasteiger partial charge is 0.348 e. The summed E-state index contributed by atoms with van der Waals surface area (Å²) in [6, 6.07) is 10.1. The van der Waals surface area contributed by atoms with Gasteiger partial charge in [0.2, 0.25) is 0 Å². The summed E-state index contributed by atoms with van der Waals surface area (Å²) in [5.74, 6) is -1.80. The highest BCUT2D eigenvalue weighted by atomic mass is 35.5. The Morgan fingerprint density at radius 1 is 1.17 bits per heavy atom. The molecule has 0 unspecified atom stereocenters. The molecule has 2 N–H and O–H groups in total. The van der Waals surface area contributed by atoms with Crippen molar-refractivity contribution in [1.29, 1.82) is 0 Å². The Bertz CT molecular complexity index is 875. The molecule has 24 heavy (non-hydrogen) atoms. The molecule has 0 saturated carbocycles. The zero-order valence-corrected chi connectivity index (χ0v) is 13.1. The molecule has 0 bridgehead atoms. The van der Waals surface area contributed by atoms with Crippen LogP contribution in [0.15, 0.2) is 48.7 Å². The summed E-state index contributed by atoms with van der Waals surface area (Å²) in [5.41, 5.74) is 1.87. The quantitative estimate of drug-likeness (QED) is 0.751. The number of rotatable bonds is 4. The average Bonchev–Trinajstić information content (AvgIpc) is 3.01. The summed E-state index contributed by atoms with van der Waals surface area (Å²) in [6.07, 6.45) is 1.39. The molecule has 0 spiro atoms. The SMILES string of the molecule is O=C(NCc1cc(F)cc(F)c1)c1cn[nH]c1-c1cccc(Cl)c1. The van der Waals surface area contributed by atoms with Crippen LogP contribution in [0, 0.1) is 11.6 Å². The molecule has 7 heteroatoms. The topological polar surface area (TPSA) is 57.8 Å². The Hall–Kier alpha value is -2.73. The molecule has 122 valence electrons. The number of benzene rings is 2. The minimum Gasteiger partial charge on any atom is -0.348 e.